The van der Waals surface area contributed by atoms with Crippen molar-refractivity contribution in [3.63, 3.8) is 0 Å². The van der Waals surface area contributed by atoms with Gasteiger partial charge in [0.25, 0.3) is 0 Å². The molecule has 4 rings (SSSR count). The Morgan fingerprint density at radius 3 is 2.38 bits per heavy atom. The number of imidazole rings is 1. The maximum Gasteiger partial charge on any atom is 0.138 e. The zero-order valence-electron chi connectivity index (χ0n) is 13.1. The number of hydrogen-bond donors (Lipinski definition) is 2. The number of hydrogen-bond acceptors (Lipinski definition) is 3. The van der Waals surface area contributed by atoms with Gasteiger partial charge in [0, 0.05) is 21.9 Å². The topological polar surface area (TPSA) is 54.7 Å². The maximum atomic E-state index is 6.23. The molecule has 0 radical (unpaired) electrons. The van der Waals surface area contributed by atoms with E-state index in [-0.39, 0.29) is 0 Å². The third-order valence-corrected chi connectivity index (χ3v) is 5.04. The summed E-state index contributed by atoms with van der Waals surface area (Å²) in [5, 5.41) is 0. The van der Waals surface area contributed by atoms with Crippen LogP contribution in [0.4, 0.5) is 5.69 Å². The first-order chi connectivity index (χ1) is 11.8. The average Bonchev–Trinajstić information content (AvgIpc) is 3.04. The van der Waals surface area contributed by atoms with E-state index in [1.54, 1.807) is 11.8 Å². The van der Waals surface area contributed by atoms with Crippen LogP contribution >= 0.6 is 11.8 Å². The number of thioether (sulfide) groups is 1. The monoisotopic (exact) mass is 331 g/mol. The third kappa shape index (κ3) is 3.01. The first-order valence-electron chi connectivity index (χ1n) is 7.81. The molecule has 3 aromatic carbocycles. The van der Waals surface area contributed by atoms with Gasteiger partial charge < -0.3 is 10.7 Å². The summed E-state index contributed by atoms with van der Waals surface area (Å²) in [7, 11) is 0. The van der Waals surface area contributed by atoms with E-state index in [1.807, 2.05) is 42.5 Å². The van der Waals surface area contributed by atoms with E-state index >= 15 is 0 Å². The fourth-order valence-electron chi connectivity index (χ4n) is 2.65. The second-order valence-electron chi connectivity index (χ2n) is 5.63. The van der Waals surface area contributed by atoms with Crippen LogP contribution in [0, 0.1) is 0 Å². The molecule has 0 atom stereocenters. The highest BCUT2D eigenvalue weighted by Gasteiger charge is 2.09. The minimum Gasteiger partial charge on any atom is -0.398 e. The lowest BCUT2D eigenvalue weighted by Crippen LogP contribution is -1.89. The fourth-order valence-corrected chi connectivity index (χ4v) is 3.58. The second-order valence-corrected chi connectivity index (χ2v) is 6.65. The molecule has 0 saturated carbocycles. The van der Waals surface area contributed by atoms with E-state index in [9.17, 15) is 0 Å². The van der Waals surface area contributed by atoms with Crippen LogP contribution < -0.4 is 5.73 Å². The summed E-state index contributed by atoms with van der Waals surface area (Å²) in [5.41, 5.74) is 11.3. The molecule has 0 bridgehead atoms. The van der Waals surface area contributed by atoms with Gasteiger partial charge in [0.05, 0.1) is 11.0 Å². The Balaban J connectivity index is 1.64. The molecule has 118 valence electrons. The van der Waals surface area contributed by atoms with E-state index in [0.717, 1.165) is 38.8 Å². The highest BCUT2D eigenvalue weighted by atomic mass is 32.2. The van der Waals surface area contributed by atoms with Crippen molar-refractivity contribution in [3.05, 3.63) is 78.4 Å². The number of nitrogen functional groups attached to an aromatic ring is 1. The molecule has 3 N–H and O–H groups in total. The molecule has 0 saturated heterocycles. The quantitative estimate of drug-likeness (QED) is 0.404. The van der Waals surface area contributed by atoms with Gasteiger partial charge in [-0.05, 0) is 17.7 Å². The van der Waals surface area contributed by atoms with Crippen molar-refractivity contribution in [2.45, 2.75) is 10.6 Å². The molecule has 0 unspecified atom stereocenters. The van der Waals surface area contributed by atoms with E-state index in [0.29, 0.717) is 0 Å². The van der Waals surface area contributed by atoms with E-state index in [4.69, 9.17) is 10.7 Å². The number of nitrogens with one attached hydrogen (secondary N) is 1. The van der Waals surface area contributed by atoms with Gasteiger partial charge >= 0.3 is 0 Å². The zero-order valence-corrected chi connectivity index (χ0v) is 13.9. The van der Waals surface area contributed by atoms with E-state index in [1.165, 1.54) is 5.56 Å². The zero-order chi connectivity index (χ0) is 16.4. The number of fused-ring (bicyclic) bond motifs is 1. The van der Waals surface area contributed by atoms with Gasteiger partial charge in [-0.2, -0.15) is 0 Å². The predicted molar refractivity (Wildman–Crippen MR) is 102 cm³/mol. The van der Waals surface area contributed by atoms with Crippen LogP contribution in [0.3, 0.4) is 0 Å². The van der Waals surface area contributed by atoms with E-state index in [2.05, 4.69) is 35.3 Å². The van der Waals surface area contributed by atoms with Gasteiger partial charge in [0.1, 0.15) is 5.82 Å². The normalized spacial score (nSPS) is 11.0. The van der Waals surface area contributed by atoms with Crippen molar-refractivity contribution in [3.8, 4) is 11.4 Å². The largest absolute Gasteiger partial charge is 0.398 e. The standard InChI is InChI=1S/C20H17N3S/c21-16-11-17-18(23-20(22-17)15-9-5-2-6-10-15)12-19(16)24-13-14-7-3-1-4-8-14/h1-12H,13,21H2,(H,22,23). The van der Waals surface area contributed by atoms with Crippen molar-refractivity contribution in [2.24, 2.45) is 0 Å². The van der Waals surface area contributed by atoms with Gasteiger partial charge in [-0.25, -0.2) is 4.98 Å². The smallest absolute Gasteiger partial charge is 0.138 e. The second kappa shape index (κ2) is 6.42. The van der Waals surface area contributed by atoms with Crippen molar-refractivity contribution in [1.29, 1.82) is 0 Å². The highest BCUT2D eigenvalue weighted by molar-refractivity contribution is 7.98. The van der Waals surface area contributed by atoms with Crippen LogP contribution in [0.25, 0.3) is 22.4 Å². The average molecular weight is 331 g/mol. The number of aromatic amines is 1. The van der Waals surface area contributed by atoms with Crippen molar-refractivity contribution in [1.82, 2.24) is 9.97 Å². The first kappa shape index (κ1) is 14.8. The molecule has 0 spiro atoms. The SMILES string of the molecule is Nc1cc2[nH]c(-c3ccccc3)nc2cc1SCc1ccccc1. The van der Waals surface area contributed by atoms with Gasteiger partial charge in [-0.15, -0.1) is 11.8 Å². The van der Waals surface area contributed by atoms with Crippen molar-refractivity contribution < 1.29 is 0 Å². The summed E-state index contributed by atoms with van der Waals surface area (Å²) in [6.07, 6.45) is 0. The number of H-pyrrole nitrogens is 1. The molecule has 1 aromatic heterocycles. The van der Waals surface area contributed by atoms with Crippen LogP contribution in [0.2, 0.25) is 0 Å². The molecule has 0 amide bonds. The lowest BCUT2D eigenvalue weighted by Gasteiger charge is -2.05. The summed E-state index contributed by atoms with van der Waals surface area (Å²) in [5.74, 6) is 1.77. The van der Waals surface area contributed by atoms with Crippen LogP contribution in [-0.2, 0) is 5.75 Å². The number of aromatic nitrogens is 2. The molecule has 1 heterocycles. The number of nitrogens with two attached hydrogens (primary N) is 1. The minimum absolute atomic E-state index is 0.784. The Morgan fingerprint density at radius 2 is 1.62 bits per heavy atom. The Kier molecular flexibility index (Phi) is 3.97. The summed E-state index contributed by atoms with van der Waals surface area (Å²) < 4.78 is 0. The molecule has 24 heavy (non-hydrogen) atoms. The van der Waals surface area contributed by atoms with Crippen LogP contribution in [-0.4, -0.2) is 9.97 Å². The summed E-state index contributed by atoms with van der Waals surface area (Å²) >= 11 is 1.74. The molecule has 0 aliphatic carbocycles. The summed E-state index contributed by atoms with van der Waals surface area (Å²) in [4.78, 5) is 9.14. The predicted octanol–water partition coefficient (Wildman–Crippen LogP) is 5.10. The Morgan fingerprint density at radius 1 is 0.917 bits per heavy atom. The molecular formula is C20H17N3S. The van der Waals surface area contributed by atoms with Crippen LogP contribution in [0.5, 0.6) is 0 Å². The number of rotatable bonds is 4. The Labute approximate surface area is 144 Å². The minimum atomic E-state index is 0.784. The van der Waals surface area contributed by atoms with Gasteiger partial charge in [-0.1, -0.05) is 60.7 Å². The molecule has 4 aromatic rings. The maximum absolute atomic E-state index is 6.23. The fraction of sp³-hybridized carbons (Fsp3) is 0.0500. The van der Waals surface area contributed by atoms with E-state index < -0.39 is 0 Å². The van der Waals surface area contributed by atoms with Gasteiger partial charge in [-0.3, -0.25) is 0 Å². The van der Waals surface area contributed by atoms with Gasteiger partial charge in [0.15, 0.2) is 0 Å². The first-order valence-corrected chi connectivity index (χ1v) is 8.79. The number of benzene rings is 3. The lowest BCUT2D eigenvalue weighted by atomic mass is 10.2. The van der Waals surface area contributed by atoms with Crippen LogP contribution in [0.15, 0.2) is 77.7 Å². The third-order valence-electron chi connectivity index (χ3n) is 3.90. The van der Waals surface area contributed by atoms with Crippen LogP contribution in [0.1, 0.15) is 5.56 Å². The number of nitrogens with zero attached hydrogens (tertiary/aromatic N) is 1. The highest BCUT2D eigenvalue weighted by Crippen LogP contribution is 2.32. The summed E-state index contributed by atoms with van der Waals surface area (Å²) in [6.45, 7) is 0. The molecule has 0 fully saturated rings. The lowest BCUT2D eigenvalue weighted by molar-refractivity contribution is 1.33. The molecule has 3 nitrogen and oxygen atoms in total. The Bertz CT molecular complexity index is 962. The molecule has 0 aliphatic rings. The molecule has 4 heteroatoms. The molecular weight excluding hydrogens is 314 g/mol. The van der Waals surface area contributed by atoms with Crippen molar-refractivity contribution in [2.75, 3.05) is 5.73 Å². The number of anilines is 1. The molecule has 0 aliphatic heterocycles. The van der Waals surface area contributed by atoms with Gasteiger partial charge in [0.2, 0.25) is 0 Å². The van der Waals surface area contributed by atoms with Crippen molar-refractivity contribution >= 4 is 28.5 Å². The summed E-state index contributed by atoms with van der Waals surface area (Å²) in [6, 6.07) is 24.6. The Hall–Kier alpha value is -2.72.